The quantitative estimate of drug-likeness (QED) is 0.617. The van der Waals surface area contributed by atoms with E-state index < -0.39 is 0 Å². The van der Waals surface area contributed by atoms with Gasteiger partial charge < -0.3 is 4.90 Å². The van der Waals surface area contributed by atoms with Crippen molar-refractivity contribution in [1.29, 1.82) is 0 Å². The van der Waals surface area contributed by atoms with E-state index in [9.17, 15) is 9.59 Å². The summed E-state index contributed by atoms with van der Waals surface area (Å²) < 4.78 is 0. The lowest BCUT2D eigenvalue weighted by Gasteiger charge is -2.43. The van der Waals surface area contributed by atoms with Gasteiger partial charge in [-0.1, -0.05) is 19.3 Å². The molecule has 2 aliphatic rings. The van der Waals surface area contributed by atoms with E-state index in [0.717, 1.165) is 12.8 Å². The van der Waals surface area contributed by atoms with Crippen LogP contribution in [0, 0.1) is 0 Å². The van der Waals surface area contributed by atoms with Crippen LogP contribution in [0.1, 0.15) is 45.4 Å². The lowest BCUT2D eigenvalue weighted by molar-refractivity contribution is -0.138. The van der Waals surface area contributed by atoms with Crippen molar-refractivity contribution in [1.82, 2.24) is 4.90 Å². The van der Waals surface area contributed by atoms with Crippen molar-refractivity contribution in [3.05, 3.63) is 12.3 Å². The molecule has 82 valence electrons. The summed E-state index contributed by atoms with van der Waals surface area (Å²) in [6.45, 7) is 2.13. The van der Waals surface area contributed by atoms with Crippen molar-refractivity contribution < 1.29 is 9.59 Å². The number of nitrogens with zero attached hydrogens (tertiary/aromatic N) is 1. The monoisotopic (exact) mass is 207 g/mol. The number of allylic oxidation sites excluding steroid dienone is 1. The molecule has 3 nitrogen and oxygen atoms in total. The summed E-state index contributed by atoms with van der Waals surface area (Å²) in [6, 6.07) is 0. The number of rotatable bonds is 1. The Bertz CT molecular complexity index is 314. The maximum absolute atomic E-state index is 11.8. The molecular weight excluding hydrogens is 190 g/mol. The van der Waals surface area contributed by atoms with Crippen LogP contribution in [-0.4, -0.2) is 22.1 Å². The van der Waals surface area contributed by atoms with E-state index in [1.807, 2.05) is 0 Å². The number of carbonyl (C=O) groups excluding carboxylic acids is 2. The molecule has 1 aliphatic carbocycles. The molecule has 0 radical (unpaired) electrons. The van der Waals surface area contributed by atoms with Crippen LogP contribution in [0.25, 0.3) is 0 Å². The Morgan fingerprint density at radius 2 is 1.87 bits per heavy atom. The van der Waals surface area contributed by atoms with Crippen molar-refractivity contribution in [3.63, 3.8) is 0 Å². The lowest BCUT2D eigenvalue weighted by Crippen LogP contribution is -2.49. The number of amides is 1. The molecule has 0 aromatic heterocycles. The zero-order valence-electron chi connectivity index (χ0n) is 9.16. The summed E-state index contributed by atoms with van der Waals surface area (Å²) in [5, 5.41) is 0. The van der Waals surface area contributed by atoms with Gasteiger partial charge in [-0.15, -0.1) is 0 Å². The summed E-state index contributed by atoms with van der Waals surface area (Å²) in [4.78, 5) is 24.6. The zero-order valence-corrected chi connectivity index (χ0v) is 9.16. The van der Waals surface area contributed by atoms with E-state index in [-0.39, 0.29) is 23.7 Å². The van der Waals surface area contributed by atoms with E-state index in [0.29, 0.717) is 0 Å². The molecule has 1 aliphatic heterocycles. The maximum atomic E-state index is 11.8. The highest BCUT2D eigenvalue weighted by Crippen LogP contribution is 2.34. The van der Waals surface area contributed by atoms with Gasteiger partial charge in [0.05, 0.1) is 6.42 Å². The van der Waals surface area contributed by atoms with Crippen LogP contribution in [0.3, 0.4) is 0 Å². The Morgan fingerprint density at radius 1 is 1.20 bits per heavy atom. The van der Waals surface area contributed by atoms with Gasteiger partial charge in [0.15, 0.2) is 5.78 Å². The standard InChI is InChI=1S/C12H17NO2/c1-12(6-3-2-4-7-12)13-8-5-10(14)9-11(13)15/h5,8H,2-4,6-7,9H2,1H3. The van der Waals surface area contributed by atoms with Crippen molar-refractivity contribution in [3.8, 4) is 0 Å². The van der Waals surface area contributed by atoms with Crippen molar-refractivity contribution >= 4 is 11.7 Å². The average Bonchev–Trinajstić information content (AvgIpc) is 2.18. The number of hydrogen-bond donors (Lipinski definition) is 0. The Morgan fingerprint density at radius 3 is 2.47 bits per heavy atom. The van der Waals surface area contributed by atoms with E-state index in [1.165, 1.54) is 25.3 Å². The Kier molecular flexibility index (Phi) is 2.63. The fraction of sp³-hybridized carbons (Fsp3) is 0.667. The van der Waals surface area contributed by atoms with Crippen LogP contribution in [0.5, 0.6) is 0 Å². The van der Waals surface area contributed by atoms with Crippen LogP contribution in [0.15, 0.2) is 12.3 Å². The minimum Gasteiger partial charge on any atom is -0.313 e. The van der Waals surface area contributed by atoms with E-state index in [1.54, 1.807) is 11.1 Å². The highest BCUT2D eigenvalue weighted by Gasteiger charge is 2.36. The van der Waals surface area contributed by atoms with Crippen LogP contribution in [-0.2, 0) is 9.59 Å². The highest BCUT2D eigenvalue weighted by atomic mass is 16.2. The van der Waals surface area contributed by atoms with E-state index in [2.05, 4.69) is 6.92 Å². The van der Waals surface area contributed by atoms with E-state index in [4.69, 9.17) is 0 Å². The molecule has 0 aromatic rings. The molecule has 1 amide bonds. The summed E-state index contributed by atoms with van der Waals surface area (Å²) in [6.07, 6.45) is 8.99. The van der Waals surface area contributed by atoms with Crippen molar-refractivity contribution in [2.45, 2.75) is 51.0 Å². The van der Waals surface area contributed by atoms with Gasteiger partial charge in [-0.05, 0) is 25.8 Å². The second-order valence-electron chi connectivity index (χ2n) is 4.78. The lowest BCUT2D eigenvalue weighted by atomic mass is 9.81. The third-order valence-electron chi connectivity index (χ3n) is 3.52. The van der Waals surface area contributed by atoms with Gasteiger partial charge in [-0.3, -0.25) is 9.59 Å². The first-order valence-corrected chi connectivity index (χ1v) is 5.65. The second kappa shape index (κ2) is 3.80. The topological polar surface area (TPSA) is 37.4 Å². The first kappa shape index (κ1) is 10.4. The largest absolute Gasteiger partial charge is 0.313 e. The van der Waals surface area contributed by atoms with Gasteiger partial charge in [0, 0.05) is 11.7 Å². The molecule has 0 saturated heterocycles. The molecule has 3 heteroatoms. The molecule has 0 bridgehead atoms. The van der Waals surface area contributed by atoms with Gasteiger partial charge in [0.1, 0.15) is 0 Å². The Hall–Kier alpha value is -1.12. The van der Waals surface area contributed by atoms with Gasteiger partial charge >= 0.3 is 0 Å². The minimum atomic E-state index is -0.0735. The van der Waals surface area contributed by atoms with Crippen molar-refractivity contribution in [2.24, 2.45) is 0 Å². The van der Waals surface area contributed by atoms with Gasteiger partial charge in [0.25, 0.3) is 0 Å². The zero-order chi connectivity index (χ0) is 10.9. The van der Waals surface area contributed by atoms with Gasteiger partial charge in [-0.25, -0.2) is 0 Å². The number of carbonyl (C=O) groups is 2. The SMILES string of the molecule is CC1(N2C=CC(=O)CC2=O)CCCCC1. The predicted molar refractivity (Wildman–Crippen MR) is 57.1 cm³/mol. The molecule has 1 heterocycles. The van der Waals surface area contributed by atoms with Crippen LogP contribution in [0.2, 0.25) is 0 Å². The molecule has 1 saturated carbocycles. The first-order valence-electron chi connectivity index (χ1n) is 5.65. The van der Waals surface area contributed by atoms with Gasteiger partial charge in [0.2, 0.25) is 5.91 Å². The summed E-state index contributed by atoms with van der Waals surface area (Å²) in [7, 11) is 0. The third-order valence-corrected chi connectivity index (χ3v) is 3.52. The van der Waals surface area contributed by atoms with Crippen molar-refractivity contribution in [2.75, 3.05) is 0 Å². The molecule has 15 heavy (non-hydrogen) atoms. The fourth-order valence-electron chi connectivity index (χ4n) is 2.57. The number of ketones is 1. The molecule has 0 unspecified atom stereocenters. The smallest absolute Gasteiger partial charge is 0.234 e. The van der Waals surface area contributed by atoms with E-state index >= 15 is 0 Å². The summed E-state index contributed by atoms with van der Waals surface area (Å²) >= 11 is 0. The van der Waals surface area contributed by atoms with Gasteiger partial charge in [-0.2, -0.15) is 0 Å². The normalized spacial score (nSPS) is 25.8. The summed E-state index contributed by atoms with van der Waals surface area (Å²) in [5.74, 6) is -0.109. The molecule has 0 aromatic carbocycles. The minimum absolute atomic E-state index is 0.0353. The molecule has 0 spiro atoms. The molecular formula is C12H17NO2. The number of hydrogen-bond acceptors (Lipinski definition) is 2. The Balaban J connectivity index is 2.18. The Labute approximate surface area is 90.1 Å². The molecule has 1 fully saturated rings. The fourth-order valence-corrected chi connectivity index (χ4v) is 2.57. The predicted octanol–water partition coefficient (Wildman–Crippen LogP) is 2.02. The molecule has 2 rings (SSSR count). The summed E-state index contributed by atoms with van der Waals surface area (Å²) in [5.41, 5.74) is -0.0491. The van der Waals surface area contributed by atoms with Crippen LogP contribution < -0.4 is 0 Å². The first-order chi connectivity index (χ1) is 7.12. The molecule has 0 atom stereocenters. The average molecular weight is 207 g/mol. The maximum Gasteiger partial charge on any atom is 0.234 e. The van der Waals surface area contributed by atoms with Crippen LogP contribution in [0.4, 0.5) is 0 Å². The van der Waals surface area contributed by atoms with Crippen LogP contribution >= 0.6 is 0 Å². The second-order valence-corrected chi connectivity index (χ2v) is 4.78. The molecule has 0 N–H and O–H groups in total. The third kappa shape index (κ3) is 1.96. The highest BCUT2D eigenvalue weighted by molar-refractivity contribution is 6.06.